The second-order valence-electron chi connectivity index (χ2n) is 7.20. The number of carboxylic acid groups (broad SMARTS) is 2. The fourth-order valence-corrected chi connectivity index (χ4v) is 4.01. The summed E-state index contributed by atoms with van der Waals surface area (Å²) < 4.78 is 0. The number of aromatic nitrogens is 2. The molecule has 8 heteroatoms. The van der Waals surface area contributed by atoms with E-state index in [1.165, 1.54) is 25.7 Å². The Hall–Kier alpha value is -3.00. The Morgan fingerprint density at radius 3 is 2.25 bits per heavy atom. The van der Waals surface area contributed by atoms with Gasteiger partial charge in [0.15, 0.2) is 0 Å². The zero-order valence-electron chi connectivity index (χ0n) is 15.5. The normalized spacial score (nSPS) is 24.1. The van der Waals surface area contributed by atoms with Crippen LogP contribution < -0.4 is 0 Å². The lowest BCUT2D eigenvalue weighted by Crippen LogP contribution is -2.39. The molecule has 0 radical (unpaired) electrons. The summed E-state index contributed by atoms with van der Waals surface area (Å²) in [6.07, 6.45) is 8.07. The molecule has 0 amide bonds. The van der Waals surface area contributed by atoms with E-state index in [2.05, 4.69) is 16.9 Å². The van der Waals surface area contributed by atoms with Crippen molar-refractivity contribution in [1.29, 1.82) is 0 Å². The van der Waals surface area contributed by atoms with Gasteiger partial charge in [-0.2, -0.15) is 0 Å². The van der Waals surface area contributed by atoms with E-state index in [0.29, 0.717) is 18.1 Å². The van der Waals surface area contributed by atoms with Crippen LogP contribution in [0, 0.1) is 0 Å². The summed E-state index contributed by atoms with van der Waals surface area (Å²) in [4.78, 5) is 30.9. The number of phenolic OH excluding ortho intramolecular Hbond substituents is 1. The molecule has 1 aromatic heterocycles. The molecule has 2 aliphatic rings. The monoisotopic (exact) mass is 385 g/mol. The van der Waals surface area contributed by atoms with Crippen molar-refractivity contribution in [3.8, 4) is 5.75 Å². The lowest BCUT2D eigenvalue weighted by atomic mass is 9.88. The predicted octanol–water partition coefficient (Wildman–Crippen LogP) is 2.39. The summed E-state index contributed by atoms with van der Waals surface area (Å²) in [6.45, 7) is 0. The van der Waals surface area contributed by atoms with Crippen molar-refractivity contribution in [3.63, 3.8) is 0 Å². The highest BCUT2D eigenvalue weighted by molar-refractivity contribution is 5.89. The van der Waals surface area contributed by atoms with Crippen molar-refractivity contribution >= 4 is 23.0 Å². The van der Waals surface area contributed by atoms with Gasteiger partial charge in [0.1, 0.15) is 5.75 Å². The van der Waals surface area contributed by atoms with Crippen LogP contribution in [0.2, 0.25) is 0 Å². The van der Waals surface area contributed by atoms with Gasteiger partial charge in [-0.3, -0.25) is 4.98 Å². The first kappa shape index (κ1) is 19.8. The van der Waals surface area contributed by atoms with Crippen LogP contribution in [-0.4, -0.2) is 61.3 Å². The first-order valence-electron chi connectivity index (χ1n) is 9.15. The first-order valence-corrected chi connectivity index (χ1v) is 9.15. The minimum absolute atomic E-state index is 0.247. The summed E-state index contributed by atoms with van der Waals surface area (Å²) in [5.41, 5.74) is 2.77. The van der Waals surface area contributed by atoms with Gasteiger partial charge in [0.25, 0.3) is 0 Å². The molecule has 0 aliphatic carbocycles. The lowest BCUT2D eigenvalue weighted by Gasteiger charge is -2.36. The zero-order valence-corrected chi connectivity index (χ0v) is 15.5. The Balaban J connectivity index is 0.000000242. The summed E-state index contributed by atoms with van der Waals surface area (Å²) >= 11 is 0. The van der Waals surface area contributed by atoms with Gasteiger partial charge in [-0.1, -0.05) is 0 Å². The predicted molar refractivity (Wildman–Crippen MR) is 102 cm³/mol. The number of carbonyl (C=O) groups is 2. The highest BCUT2D eigenvalue weighted by Gasteiger charge is 2.39. The zero-order chi connectivity index (χ0) is 20.3. The average molecular weight is 385 g/mol. The Kier molecular flexibility index (Phi) is 5.89. The summed E-state index contributed by atoms with van der Waals surface area (Å²) in [5.74, 6) is -1.73. The maximum Gasteiger partial charge on any atom is 0.328 e. The van der Waals surface area contributed by atoms with E-state index in [0.717, 1.165) is 28.8 Å². The number of fused-ring (bicyclic) bond motifs is 3. The van der Waals surface area contributed by atoms with Crippen molar-refractivity contribution in [1.82, 2.24) is 14.9 Å². The number of phenols is 1. The van der Waals surface area contributed by atoms with Crippen LogP contribution in [0.3, 0.4) is 0 Å². The highest BCUT2D eigenvalue weighted by Crippen LogP contribution is 2.41. The third kappa shape index (κ3) is 4.64. The molecule has 2 saturated heterocycles. The van der Waals surface area contributed by atoms with E-state index < -0.39 is 11.9 Å². The molecule has 8 nitrogen and oxygen atoms in total. The minimum Gasteiger partial charge on any atom is -0.508 e. The van der Waals surface area contributed by atoms with E-state index in [1.54, 1.807) is 12.1 Å². The van der Waals surface area contributed by atoms with Crippen LogP contribution in [0.5, 0.6) is 5.75 Å². The molecule has 2 fully saturated rings. The number of carboxylic acids is 2. The van der Waals surface area contributed by atoms with Gasteiger partial charge in [-0.05, 0) is 44.9 Å². The molecule has 0 saturated carbocycles. The SMILES string of the molecule is CN1C2CCC1CC(c1cnc3cc(O)ccc3n1)C2.O=C(O)C=CC(=O)O. The fraction of sp³-hybridized carbons (Fsp3) is 0.400. The molecular weight excluding hydrogens is 362 g/mol. The second-order valence-corrected chi connectivity index (χ2v) is 7.20. The van der Waals surface area contributed by atoms with Gasteiger partial charge in [0.2, 0.25) is 0 Å². The molecule has 28 heavy (non-hydrogen) atoms. The Morgan fingerprint density at radius 1 is 1.07 bits per heavy atom. The molecule has 2 aromatic rings. The highest BCUT2D eigenvalue weighted by atomic mass is 16.4. The standard InChI is InChI=1S/C16H19N3O.C4H4O4/c1-19-11-2-3-12(19)7-10(6-11)16-9-17-15-8-13(20)4-5-14(15)18-16;5-3(6)1-2-4(7)8/h4-5,8-12,20H,2-3,6-7H2,1H3;1-2H,(H,5,6)(H,7,8). The average Bonchev–Trinajstić information content (AvgIpc) is 2.87. The lowest BCUT2D eigenvalue weighted by molar-refractivity contribution is -0.134. The van der Waals surface area contributed by atoms with Crippen LogP contribution in [0.4, 0.5) is 0 Å². The molecular formula is C20H23N3O5. The summed E-state index contributed by atoms with van der Waals surface area (Å²) in [7, 11) is 2.26. The molecule has 4 rings (SSSR count). The number of nitrogens with zero attached hydrogens (tertiary/aromatic N) is 3. The second kappa shape index (κ2) is 8.35. The van der Waals surface area contributed by atoms with Crippen LogP contribution in [0.25, 0.3) is 11.0 Å². The van der Waals surface area contributed by atoms with Crippen molar-refractivity contribution in [2.75, 3.05) is 7.05 Å². The number of aliphatic carboxylic acids is 2. The number of hydrogen-bond acceptors (Lipinski definition) is 6. The third-order valence-corrected chi connectivity index (χ3v) is 5.43. The molecule has 2 unspecified atom stereocenters. The van der Waals surface area contributed by atoms with Crippen molar-refractivity contribution in [2.45, 2.75) is 43.7 Å². The largest absolute Gasteiger partial charge is 0.508 e. The summed E-state index contributed by atoms with van der Waals surface area (Å²) in [6, 6.07) is 6.64. The molecule has 0 spiro atoms. The molecule has 148 valence electrons. The number of hydrogen-bond donors (Lipinski definition) is 3. The Labute approximate surface area is 162 Å². The van der Waals surface area contributed by atoms with E-state index >= 15 is 0 Å². The number of rotatable bonds is 3. The molecule has 2 atom stereocenters. The van der Waals surface area contributed by atoms with Gasteiger partial charge in [0.05, 0.1) is 16.7 Å². The molecule has 2 bridgehead atoms. The Bertz CT molecular complexity index is 884. The van der Waals surface area contributed by atoms with Crippen LogP contribution in [0.1, 0.15) is 37.3 Å². The Morgan fingerprint density at radius 2 is 1.68 bits per heavy atom. The topological polar surface area (TPSA) is 124 Å². The number of aromatic hydroxyl groups is 1. The van der Waals surface area contributed by atoms with Gasteiger partial charge in [-0.25, -0.2) is 14.6 Å². The maximum absolute atomic E-state index is 9.55. The fourth-order valence-electron chi connectivity index (χ4n) is 4.01. The molecule has 3 heterocycles. The van der Waals surface area contributed by atoms with Crippen molar-refractivity contribution in [2.24, 2.45) is 0 Å². The van der Waals surface area contributed by atoms with Crippen molar-refractivity contribution in [3.05, 3.63) is 42.2 Å². The minimum atomic E-state index is -1.26. The van der Waals surface area contributed by atoms with Gasteiger partial charge < -0.3 is 20.2 Å². The van der Waals surface area contributed by atoms with Gasteiger partial charge in [0, 0.05) is 42.4 Å². The van der Waals surface area contributed by atoms with Crippen LogP contribution in [-0.2, 0) is 9.59 Å². The van der Waals surface area contributed by atoms with E-state index in [9.17, 15) is 14.7 Å². The van der Waals surface area contributed by atoms with Gasteiger partial charge in [-0.15, -0.1) is 0 Å². The van der Waals surface area contributed by atoms with Gasteiger partial charge >= 0.3 is 11.9 Å². The molecule has 3 N–H and O–H groups in total. The van der Waals surface area contributed by atoms with E-state index in [1.807, 2.05) is 12.3 Å². The smallest absolute Gasteiger partial charge is 0.328 e. The third-order valence-electron chi connectivity index (χ3n) is 5.43. The molecule has 1 aromatic carbocycles. The van der Waals surface area contributed by atoms with E-state index in [-0.39, 0.29) is 5.75 Å². The summed E-state index contributed by atoms with van der Waals surface area (Å²) in [5, 5.41) is 25.1. The van der Waals surface area contributed by atoms with E-state index in [4.69, 9.17) is 15.2 Å². The quantitative estimate of drug-likeness (QED) is 0.688. The van der Waals surface area contributed by atoms with Crippen LogP contribution in [0.15, 0.2) is 36.5 Å². The van der Waals surface area contributed by atoms with Crippen molar-refractivity contribution < 1.29 is 24.9 Å². The molecule has 2 aliphatic heterocycles. The number of piperidine rings is 1. The number of benzene rings is 1. The van der Waals surface area contributed by atoms with Crippen LogP contribution >= 0.6 is 0 Å². The first-order chi connectivity index (χ1) is 13.3. The maximum atomic E-state index is 9.55.